The van der Waals surface area contributed by atoms with Gasteiger partial charge in [-0.2, -0.15) is 0 Å². The molecule has 1 aromatic rings. The molecule has 0 amide bonds. The number of nitrogens with zero attached hydrogens (tertiary/aromatic N) is 1. The highest BCUT2D eigenvalue weighted by atomic mass is 19.1. The molecule has 1 aliphatic rings. The molecule has 16 heavy (non-hydrogen) atoms. The molecule has 0 aromatic carbocycles. The largest absolute Gasteiger partial charge is 0.345 e. The molecule has 0 spiro atoms. The minimum Gasteiger partial charge on any atom is -0.345 e. The molecule has 1 aromatic heterocycles. The van der Waals surface area contributed by atoms with Gasteiger partial charge in [0.2, 0.25) is 0 Å². The van der Waals surface area contributed by atoms with E-state index in [0.29, 0.717) is 18.5 Å². The van der Waals surface area contributed by atoms with Crippen molar-refractivity contribution in [1.29, 1.82) is 0 Å². The summed E-state index contributed by atoms with van der Waals surface area (Å²) in [5, 5.41) is 0. The van der Waals surface area contributed by atoms with E-state index in [1.54, 1.807) is 10.6 Å². The number of carbonyl (C=O) groups is 1. The lowest BCUT2D eigenvalue weighted by molar-refractivity contribution is 0.0986. The Morgan fingerprint density at radius 2 is 2.25 bits per heavy atom. The lowest BCUT2D eigenvalue weighted by atomic mass is 9.95. The van der Waals surface area contributed by atoms with Crippen LogP contribution in [-0.2, 0) is 13.5 Å². The highest BCUT2D eigenvalue weighted by Gasteiger charge is 2.26. The predicted molar refractivity (Wildman–Crippen MR) is 62.2 cm³/mol. The summed E-state index contributed by atoms with van der Waals surface area (Å²) in [5.41, 5.74) is 3.11. The maximum Gasteiger partial charge on any atom is 0.164 e. The number of ketones is 1. The van der Waals surface area contributed by atoms with E-state index in [1.165, 1.54) is 0 Å². The standard InChI is InChI=1S/C13H16FNO/c1-4-11(16)12-8(2)15(3)13-9(12)6-5-7-10(13)14/h7H,4-6H2,1-3H3. The normalized spacial score (nSPS) is 14.6. The van der Waals surface area contributed by atoms with Crippen molar-refractivity contribution in [3.8, 4) is 0 Å². The van der Waals surface area contributed by atoms with Gasteiger partial charge in [-0.1, -0.05) is 6.92 Å². The molecule has 1 aliphatic carbocycles. The zero-order valence-corrected chi connectivity index (χ0v) is 9.93. The van der Waals surface area contributed by atoms with Crippen molar-refractivity contribution in [3.05, 3.63) is 28.6 Å². The Bertz CT molecular complexity index is 483. The SMILES string of the molecule is CCC(=O)c1c2c(n(C)c1C)C(F)=CCC2. The van der Waals surface area contributed by atoms with Crippen molar-refractivity contribution in [2.45, 2.75) is 33.1 Å². The molecular formula is C13H16FNO. The second-order valence-electron chi connectivity index (χ2n) is 4.21. The first-order valence-electron chi connectivity index (χ1n) is 5.65. The number of hydrogen-bond acceptors (Lipinski definition) is 1. The number of allylic oxidation sites excluding steroid dienone is 1. The van der Waals surface area contributed by atoms with Gasteiger partial charge in [0.15, 0.2) is 5.78 Å². The van der Waals surface area contributed by atoms with E-state index < -0.39 is 0 Å². The molecule has 1 heterocycles. The third kappa shape index (κ3) is 1.42. The average Bonchev–Trinajstić information content (AvgIpc) is 2.52. The summed E-state index contributed by atoms with van der Waals surface area (Å²) in [5.74, 6) is -0.0777. The van der Waals surface area contributed by atoms with E-state index in [0.717, 1.165) is 23.2 Å². The van der Waals surface area contributed by atoms with Crippen LogP contribution in [0.5, 0.6) is 0 Å². The van der Waals surface area contributed by atoms with Crippen LogP contribution >= 0.6 is 0 Å². The van der Waals surface area contributed by atoms with E-state index in [4.69, 9.17) is 0 Å². The van der Waals surface area contributed by atoms with Crippen LogP contribution in [0.1, 0.15) is 47.1 Å². The number of fused-ring (bicyclic) bond motifs is 1. The van der Waals surface area contributed by atoms with Gasteiger partial charge in [0.05, 0.1) is 5.69 Å². The van der Waals surface area contributed by atoms with Crippen LogP contribution < -0.4 is 0 Å². The molecule has 0 saturated heterocycles. The molecule has 0 N–H and O–H groups in total. The Kier molecular flexibility index (Phi) is 2.70. The molecule has 0 saturated carbocycles. The van der Waals surface area contributed by atoms with Crippen LogP contribution in [-0.4, -0.2) is 10.4 Å². The van der Waals surface area contributed by atoms with Gasteiger partial charge in [-0.25, -0.2) is 4.39 Å². The maximum absolute atomic E-state index is 13.7. The van der Waals surface area contributed by atoms with Crippen molar-refractivity contribution in [2.75, 3.05) is 0 Å². The Hall–Kier alpha value is -1.38. The van der Waals surface area contributed by atoms with Gasteiger partial charge >= 0.3 is 0 Å². The lowest BCUT2D eigenvalue weighted by Crippen LogP contribution is -2.04. The van der Waals surface area contributed by atoms with Gasteiger partial charge in [0.1, 0.15) is 5.83 Å². The van der Waals surface area contributed by atoms with Crippen molar-refractivity contribution in [3.63, 3.8) is 0 Å². The fourth-order valence-electron chi connectivity index (χ4n) is 2.41. The van der Waals surface area contributed by atoms with E-state index in [-0.39, 0.29) is 11.6 Å². The van der Waals surface area contributed by atoms with Gasteiger partial charge in [-0.05, 0) is 31.4 Å². The molecule has 0 bridgehead atoms. The lowest BCUT2D eigenvalue weighted by Gasteiger charge is -2.10. The third-order valence-corrected chi connectivity index (χ3v) is 3.33. The quantitative estimate of drug-likeness (QED) is 0.703. The van der Waals surface area contributed by atoms with Gasteiger partial charge in [0.25, 0.3) is 0 Å². The van der Waals surface area contributed by atoms with Crippen molar-refractivity contribution in [1.82, 2.24) is 4.57 Å². The summed E-state index contributed by atoms with van der Waals surface area (Å²) >= 11 is 0. The number of carbonyl (C=O) groups excluding carboxylic acids is 1. The Labute approximate surface area is 94.8 Å². The molecule has 86 valence electrons. The Morgan fingerprint density at radius 3 is 2.88 bits per heavy atom. The van der Waals surface area contributed by atoms with Crippen LogP contribution in [0.3, 0.4) is 0 Å². The monoisotopic (exact) mass is 221 g/mol. The summed E-state index contributed by atoms with van der Waals surface area (Å²) in [4.78, 5) is 11.9. The third-order valence-electron chi connectivity index (χ3n) is 3.33. The van der Waals surface area contributed by atoms with Crippen LogP contribution in [0.4, 0.5) is 4.39 Å². The second kappa shape index (κ2) is 3.89. The number of halogens is 1. The Morgan fingerprint density at radius 1 is 1.56 bits per heavy atom. The first-order valence-corrected chi connectivity index (χ1v) is 5.65. The maximum atomic E-state index is 13.7. The molecular weight excluding hydrogens is 205 g/mol. The molecule has 2 rings (SSSR count). The van der Waals surface area contributed by atoms with Gasteiger partial charge < -0.3 is 4.57 Å². The van der Waals surface area contributed by atoms with Crippen molar-refractivity contribution < 1.29 is 9.18 Å². The average molecular weight is 221 g/mol. The van der Waals surface area contributed by atoms with Crippen LogP contribution in [0.25, 0.3) is 5.83 Å². The first-order chi connectivity index (χ1) is 7.57. The topological polar surface area (TPSA) is 22.0 Å². The molecule has 3 heteroatoms. The minimum absolute atomic E-state index is 0.115. The summed E-state index contributed by atoms with van der Waals surface area (Å²) < 4.78 is 15.5. The summed E-state index contributed by atoms with van der Waals surface area (Å²) in [6, 6.07) is 0. The number of rotatable bonds is 2. The highest BCUT2D eigenvalue weighted by molar-refractivity contribution is 6.00. The second-order valence-corrected chi connectivity index (χ2v) is 4.21. The van der Waals surface area contributed by atoms with Gasteiger partial charge in [-0.3, -0.25) is 4.79 Å². The molecule has 0 fully saturated rings. The van der Waals surface area contributed by atoms with Crippen LogP contribution in [0, 0.1) is 6.92 Å². The van der Waals surface area contributed by atoms with Crippen molar-refractivity contribution >= 4 is 11.6 Å². The van der Waals surface area contributed by atoms with E-state index in [2.05, 4.69) is 0 Å². The van der Waals surface area contributed by atoms with E-state index >= 15 is 0 Å². The summed E-state index contributed by atoms with van der Waals surface area (Å²) in [7, 11) is 1.82. The molecule has 2 nitrogen and oxygen atoms in total. The first kappa shape index (κ1) is 11.1. The smallest absolute Gasteiger partial charge is 0.164 e. The summed E-state index contributed by atoms with van der Waals surface area (Å²) in [6.07, 6.45) is 3.53. The fraction of sp³-hybridized carbons (Fsp3) is 0.462. The fourth-order valence-corrected chi connectivity index (χ4v) is 2.41. The Balaban J connectivity index is 2.69. The minimum atomic E-state index is -0.193. The van der Waals surface area contributed by atoms with E-state index in [1.807, 2.05) is 20.9 Å². The summed E-state index contributed by atoms with van der Waals surface area (Å²) in [6.45, 7) is 3.73. The van der Waals surface area contributed by atoms with Crippen LogP contribution in [0.15, 0.2) is 6.08 Å². The molecule has 0 aliphatic heterocycles. The highest BCUT2D eigenvalue weighted by Crippen LogP contribution is 2.33. The molecule has 0 unspecified atom stereocenters. The zero-order chi connectivity index (χ0) is 11.9. The van der Waals surface area contributed by atoms with Crippen molar-refractivity contribution in [2.24, 2.45) is 7.05 Å². The number of aromatic nitrogens is 1. The predicted octanol–water partition coefficient (Wildman–Crippen LogP) is 3.18. The molecule has 0 radical (unpaired) electrons. The zero-order valence-electron chi connectivity index (χ0n) is 9.93. The van der Waals surface area contributed by atoms with Gasteiger partial charge in [0, 0.05) is 24.7 Å². The number of Topliss-reactive ketones (excluding diaryl/α,β-unsaturated/α-hetero) is 1. The van der Waals surface area contributed by atoms with Gasteiger partial charge in [-0.15, -0.1) is 0 Å². The number of hydrogen-bond donors (Lipinski definition) is 0. The molecule has 0 atom stereocenters. The van der Waals surface area contributed by atoms with Crippen LogP contribution in [0.2, 0.25) is 0 Å². The van der Waals surface area contributed by atoms with E-state index in [9.17, 15) is 9.18 Å².